The number of hydrogen-bond acceptors (Lipinski definition) is 5. The Morgan fingerprint density at radius 3 is 2.86 bits per heavy atom. The van der Waals surface area contributed by atoms with E-state index in [-0.39, 0.29) is 24.9 Å². The monoisotopic (exact) mass is 325 g/mol. The topological polar surface area (TPSA) is 105 Å². The van der Waals surface area contributed by atoms with Gasteiger partial charge < -0.3 is 5.32 Å². The van der Waals surface area contributed by atoms with Crippen LogP contribution in [0.15, 0.2) is 24.7 Å². The number of amides is 1. The van der Waals surface area contributed by atoms with Crippen LogP contribution in [0, 0.1) is 0 Å². The first-order chi connectivity index (χ1) is 10.4. The fourth-order valence-electron chi connectivity index (χ4n) is 2.02. The predicted octanol–water partition coefficient (Wildman–Crippen LogP) is 0.236. The summed E-state index contributed by atoms with van der Waals surface area (Å²) in [6, 6.07) is 1.57. The molecule has 0 radical (unpaired) electrons. The molecule has 2 aromatic heterocycles. The number of sulfonamides is 1. The second kappa shape index (κ2) is 6.84. The zero-order chi connectivity index (χ0) is 16.2. The summed E-state index contributed by atoms with van der Waals surface area (Å²) in [5, 5.41) is 2.85. The van der Waals surface area contributed by atoms with Gasteiger partial charge in [-0.15, -0.1) is 0 Å². The lowest BCUT2D eigenvalue weighted by molar-refractivity contribution is -0.121. The Morgan fingerprint density at radius 2 is 2.23 bits per heavy atom. The number of carbonyl (C=O) groups excluding carboxylic acids is 1. The van der Waals surface area contributed by atoms with Crippen LogP contribution in [0.25, 0.3) is 5.78 Å². The maximum Gasteiger partial charge on any atom is 0.233 e. The second-order valence-corrected chi connectivity index (χ2v) is 6.77. The highest BCUT2D eigenvalue weighted by Crippen LogP contribution is 2.15. The van der Waals surface area contributed by atoms with Crippen LogP contribution >= 0.6 is 0 Å². The molecule has 0 aliphatic rings. The predicted molar refractivity (Wildman–Crippen MR) is 81.6 cm³/mol. The summed E-state index contributed by atoms with van der Waals surface area (Å²) in [6.07, 6.45) is 7.13. The summed E-state index contributed by atoms with van der Waals surface area (Å²) in [4.78, 5) is 20.4. The maximum atomic E-state index is 11.9. The molecule has 0 fully saturated rings. The normalized spacial score (nSPS) is 13.2. The molecule has 0 bridgehead atoms. The van der Waals surface area contributed by atoms with Crippen molar-refractivity contribution in [2.24, 2.45) is 0 Å². The molecule has 0 saturated heterocycles. The molecule has 22 heavy (non-hydrogen) atoms. The van der Waals surface area contributed by atoms with E-state index in [2.05, 4.69) is 20.0 Å². The van der Waals surface area contributed by atoms with Gasteiger partial charge in [0.15, 0.2) is 0 Å². The fraction of sp³-hybridized carbons (Fsp3) is 0.462. The molecule has 2 aromatic rings. The molecule has 120 valence electrons. The molecule has 1 amide bonds. The molecular weight excluding hydrogens is 306 g/mol. The molecular formula is C13H19N5O3S. The van der Waals surface area contributed by atoms with Gasteiger partial charge in [0.25, 0.3) is 0 Å². The Hall–Kier alpha value is -2.00. The van der Waals surface area contributed by atoms with E-state index in [1.807, 2.05) is 19.3 Å². The van der Waals surface area contributed by atoms with Gasteiger partial charge in [-0.2, -0.15) is 0 Å². The van der Waals surface area contributed by atoms with Crippen molar-refractivity contribution in [2.75, 3.05) is 12.8 Å². The molecule has 0 unspecified atom stereocenters. The Bertz CT molecular complexity index is 723. The molecule has 0 aromatic carbocycles. The van der Waals surface area contributed by atoms with Gasteiger partial charge in [0.1, 0.15) is 0 Å². The first-order valence-corrected chi connectivity index (χ1v) is 8.82. The SMILES string of the molecule is CC[C@H](NC(=O)CCNS(C)(=O)=O)c1cn2cccnc2n1. The zero-order valence-corrected chi connectivity index (χ0v) is 13.3. The quantitative estimate of drug-likeness (QED) is 0.758. The van der Waals surface area contributed by atoms with Crippen molar-refractivity contribution in [3.05, 3.63) is 30.4 Å². The van der Waals surface area contributed by atoms with Crippen molar-refractivity contribution in [3.63, 3.8) is 0 Å². The number of carbonyl (C=O) groups is 1. The number of imidazole rings is 1. The van der Waals surface area contributed by atoms with Crippen LogP contribution in [-0.4, -0.2) is 41.5 Å². The van der Waals surface area contributed by atoms with E-state index in [4.69, 9.17) is 0 Å². The van der Waals surface area contributed by atoms with E-state index < -0.39 is 10.0 Å². The molecule has 0 aliphatic carbocycles. The first-order valence-electron chi connectivity index (χ1n) is 6.92. The molecule has 1 atom stereocenters. The third-order valence-corrected chi connectivity index (χ3v) is 3.80. The lowest BCUT2D eigenvalue weighted by Gasteiger charge is -2.14. The van der Waals surface area contributed by atoms with Crippen molar-refractivity contribution in [3.8, 4) is 0 Å². The molecule has 0 saturated carbocycles. The lowest BCUT2D eigenvalue weighted by Crippen LogP contribution is -2.32. The van der Waals surface area contributed by atoms with E-state index in [0.717, 1.165) is 11.9 Å². The Labute approximate surface area is 129 Å². The number of nitrogens with one attached hydrogen (secondary N) is 2. The average molecular weight is 325 g/mol. The van der Waals surface area contributed by atoms with Gasteiger partial charge in [-0.3, -0.25) is 9.20 Å². The average Bonchev–Trinajstić information content (AvgIpc) is 2.87. The van der Waals surface area contributed by atoms with Crippen LogP contribution in [0.2, 0.25) is 0 Å². The van der Waals surface area contributed by atoms with Gasteiger partial charge >= 0.3 is 0 Å². The molecule has 2 heterocycles. The van der Waals surface area contributed by atoms with Crippen LogP contribution in [0.4, 0.5) is 0 Å². The third-order valence-electron chi connectivity index (χ3n) is 3.07. The van der Waals surface area contributed by atoms with Gasteiger partial charge in [0, 0.05) is 31.6 Å². The smallest absolute Gasteiger partial charge is 0.233 e. The summed E-state index contributed by atoms with van der Waals surface area (Å²) < 4.78 is 26.0. The minimum atomic E-state index is -3.28. The zero-order valence-electron chi connectivity index (χ0n) is 12.5. The molecule has 2 N–H and O–H groups in total. The number of nitrogens with zero attached hydrogens (tertiary/aromatic N) is 3. The first kappa shape index (κ1) is 16.4. The lowest BCUT2D eigenvalue weighted by atomic mass is 10.1. The number of hydrogen-bond donors (Lipinski definition) is 2. The number of aromatic nitrogens is 3. The van der Waals surface area contributed by atoms with E-state index in [9.17, 15) is 13.2 Å². The number of rotatable bonds is 7. The van der Waals surface area contributed by atoms with Gasteiger partial charge in [0.2, 0.25) is 21.7 Å². The highest BCUT2D eigenvalue weighted by Gasteiger charge is 2.16. The van der Waals surface area contributed by atoms with Crippen molar-refractivity contribution >= 4 is 21.7 Å². The minimum Gasteiger partial charge on any atom is -0.348 e. The molecule has 0 spiro atoms. The van der Waals surface area contributed by atoms with Crippen LogP contribution in [0.3, 0.4) is 0 Å². The molecule has 2 rings (SSSR count). The highest BCUT2D eigenvalue weighted by molar-refractivity contribution is 7.88. The van der Waals surface area contributed by atoms with Gasteiger partial charge in [-0.1, -0.05) is 6.92 Å². The summed E-state index contributed by atoms with van der Waals surface area (Å²) in [7, 11) is -3.28. The van der Waals surface area contributed by atoms with Crippen molar-refractivity contribution < 1.29 is 13.2 Å². The molecule has 0 aliphatic heterocycles. The van der Waals surface area contributed by atoms with Gasteiger partial charge in [-0.05, 0) is 12.5 Å². The third kappa shape index (κ3) is 4.50. The summed E-state index contributed by atoms with van der Waals surface area (Å²) in [5.41, 5.74) is 0.727. The maximum absolute atomic E-state index is 11.9. The van der Waals surface area contributed by atoms with Crippen LogP contribution in [-0.2, 0) is 14.8 Å². The number of fused-ring (bicyclic) bond motifs is 1. The molecule has 8 nitrogen and oxygen atoms in total. The highest BCUT2D eigenvalue weighted by atomic mass is 32.2. The van der Waals surface area contributed by atoms with Gasteiger partial charge in [-0.25, -0.2) is 23.1 Å². The second-order valence-electron chi connectivity index (χ2n) is 4.94. The Morgan fingerprint density at radius 1 is 1.45 bits per heavy atom. The van der Waals surface area contributed by atoms with Crippen LogP contribution in [0.5, 0.6) is 0 Å². The fourth-order valence-corrected chi connectivity index (χ4v) is 2.49. The van der Waals surface area contributed by atoms with E-state index in [1.165, 1.54) is 0 Å². The van der Waals surface area contributed by atoms with Crippen molar-refractivity contribution in [2.45, 2.75) is 25.8 Å². The Balaban J connectivity index is 1.98. The largest absolute Gasteiger partial charge is 0.348 e. The minimum absolute atomic E-state index is 0.0772. The summed E-state index contributed by atoms with van der Waals surface area (Å²) in [6.45, 7) is 2.02. The van der Waals surface area contributed by atoms with Crippen LogP contribution < -0.4 is 10.0 Å². The van der Waals surface area contributed by atoms with Gasteiger partial charge in [0.05, 0.1) is 18.0 Å². The van der Waals surface area contributed by atoms with E-state index in [1.54, 1.807) is 16.7 Å². The van der Waals surface area contributed by atoms with E-state index in [0.29, 0.717) is 12.2 Å². The van der Waals surface area contributed by atoms with Crippen LogP contribution in [0.1, 0.15) is 31.5 Å². The van der Waals surface area contributed by atoms with Crippen molar-refractivity contribution in [1.29, 1.82) is 0 Å². The Kier molecular flexibility index (Phi) is 5.09. The molecule has 9 heteroatoms. The summed E-state index contributed by atoms with van der Waals surface area (Å²) in [5.74, 6) is 0.344. The standard InChI is InChI=1S/C13H19N5O3S/c1-3-10(16-12(19)5-7-15-22(2,20)21)11-9-18-8-4-6-14-13(18)17-11/h4,6,8-10,15H,3,5,7H2,1-2H3,(H,16,19)/t10-/m0/s1. The summed E-state index contributed by atoms with van der Waals surface area (Å²) >= 11 is 0. The van der Waals surface area contributed by atoms with Crippen molar-refractivity contribution in [1.82, 2.24) is 24.4 Å². The van der Waals surface area contributed by atoms with E-state index >= 15 is 0 Å².